The van der Waals surface area contributed by atoms with Gasteiger partial charge in [0.25, 0.3) is 0 Å². The molecular formula is C6H13F. The van der Waals surface area contributed by atoms with Gasteiger partial charge in [0.15, 0.2) is 0 Å². The molecule has 0 aromatic carbocycles. The molecule has 1 atom stereocenters. The third kappa shape index (κ3) is 2.60. The van der Waals surface area contributed by atoms with Gasteiger partial charge in [-0.1, -0.05) is 20.8 Å². The molecule has 0 bridgehead atoms. The van der Waals surface area contributed by atoms with Crippen molar-refractivity contribution >= 4 is 0 Å². The first kappa shape index (κ1) is 6.93. The number of hydrogen-bond acceptors (Lipinski definition) is 0. The fraction of sp³-hybridized carbons (Fsp3) is 1.00. The summed E-state index contributed by atoms with van der Waals surface area (Å²) in [6.07, 6.45) is 0.0532. The lowest BCUT2D eigenvalue weighted by molar-refractivity contribution is 0.248. The van der Waals surface area contributed by atoms with Crippen molar-refractivity contribution in [2.45, 2.75) is 33.4 Å². The normalized spacial score (nSPS) is 15.0. The van der Waals surface area contributed by atoms with Crippen molar-refractivity contribution < 1.29 is 4.39 Å². The predicted octanol–water partition coefficient (Wildman–Crippen LogP) is 2.39. The first-order valence-electron chi connectivity index (χ1n) is 2.82. The summed E-state index contributed by atoms with van der Waals surface area (Å²) in [7, 11) is 0. The van der Waals surface area contributed by atoms with Crippen molar-refractivity contribution in [2.75, 3.05) is 0 Å². The SMILES string of the molecule is CC[C@@H]([18F])C(C)C. The van der Waals surface area contributed by atoms with Crippen LogP contribution in [0.3, 0.4) is 0 Å². The first-order chi connectivity index (χ1) is 3.18. The van der Waals surface area contributed by atoms with Crippen molar-refractivity contribution in [3.05, 3.63) is 0 Å². The summed E-state index contributed by atoms with van der Waals surface area (Å²) >= 11 is 0. The number of halogens is 1. The van der Waals surface area contributed by atoms with E-state index in [1.165, 1.54) is 0 Å². The maximum Gasteiger partial charge on any atom is 0.102 e. The van der Waals surface area contributed by atoms with Crippen LogP contribution in [0.4, 0.5) is 4.39 Å². The molecule has 0 unspecified atom stereocenters. The number of hydrogen-bond donors (Lipinski definition) is 0. The molecule has 0 nitrogen and oxygen atoms in total. The molecule has 0 aliphatic heterocycles. The summed E-state index contributed by atoms with van der Waals surface area (Å²) in [6.45, 7) is 5.66. The molecule has 1 heteroatoms. The second-order valence-electron chi connectivity index (χ2n) is 2.17. The largest absolute Gasteiger partial charge is 0.247 e. The molecule has 0 saturated carbocycles. The van der Waals surface area contributed by atoms with E-state index in [0.717, 1.165) is 0 Å². The lowest BCUT2D eigenvalue weighted by Crippen LogP contribution is -2.05. The highest BCUT2D eigenvalue weighted by Crippen LogP contribution is 2.08. The fourth-order valence-corrected chi connectivity index (χ4v) is 0.471. The van der Waals surface area contributed by atoms with Gasteiger partial charge in [-0.15, -0.1) is 0 Å². The molecule has 0 rings (SSSR count). The predicted molar refractivity (Wildman–Crippen MR) is 30.0 cm³/mol. The highest BCUT2D eigenvalue weighted by Gasteiger charge is 2.06. The smallest absolute Gasteiger partial charge is 0.102 e. The van der Waals surface area contributed by atoms with Crippen LogP contribution in [-0.2, 0) is 0 Å². The van der Waals surface area contributed by atoms with E-state index in [1.807, 2.05) is 20.8 Å². The zero-order valence-electron chi connectivity index (χ0n) is 5.24. The lowest BCUT2D eigenvalue weighted by atomic mass is 10.1. The average molecular weight is 103 g/mol. The molecule has 0 N–H and O–H groups in total. The monoisotopic (exact) mass is 103 g/mol. The number of alkyl halides is 1. The summed E-state index contributed by atoms with van der Waals surface area (Å²) in [5, 5.41) is 0. The van der Waals surface area contributed by atoms with Gasteiger partial charge in [0.2, 0.25) is 0 Å². The number of rotatable bonds is 2. The summed E-state index contributed by atoms with van der Waals surface area (Å²) in [5.41, 5.74) is 0. The molecule has 0 amide bonds. The van der Waals surface area contributed by atoms with Crippen LogP contribution in [0, 0.1) is 5.92 Å². The molecule has 7 heavy (non-hydrogen) atoms. The van der Waals surface area contributed by atoms with Gasteiger partial charge in [-0.3, -0.25) is 0 Å². The highest BCUT2D eigenvalue weighted by atomic mass is 18.2. The van der Waals surface area contributed by atoms with E-state index in [-0.39, 0.29) is 5.92 Å². The minimum absolute atomic E-state index is 0.199. The van der Waals surface area contributed by atoms with E-state index in [9.17, 15) is 4.39 Å². The van der Waals surface area contributed by atoms with Crippen molar-refractivity contribution in [2.24, 2.45) is 5.92 Å². The average Bonchev–Trinajstić information content (AvgIpc) is 1.65. The van der Waals surface area contributed by atoms with Crippen LogP contribution in [-0.4, -0.2) is 6.17 Å². The molecule has 0 saturated heterocycles. The van der Waals surface area contributed by atoms with E-state index in [0.29, 0.717) is 6.42 Å². The summed E-state index contributed by atoms with van der Waals surface area (Å²) < 4.78 is 12.3. The van der Waals surface area contributed by atoms with Gasteiger partial charge in [-0.25, -0.2) is 4.39 Å². The Bertz CT molecular complexity index is 41.4. The summed E-state index contributed by atoms with van der Waals surface area (Å²) in [5.74, 6) is 0.199. The second kappa shape index (κ2) is 3.00. The van der Waals surface area contributed by atoms with Crippen LogP contribution in [0.2, 0.25) is 0 Å². The van der Waals surface area contributed by atoms with E-state index in [2.05, 4.69) is 0 Å². The van der Waals surface area contributed by atoms with Gasteiger partial charge in [-0.2, -0.15) is 0 Å². The van der Waals surface area contributed by atoms with Crippen LogP contribution >= 0.6 is 0 Å². The molecule has 0 fully saturated rings. The topological polar surface area (TPSA) is 0 Å². The molecule has 0 radical (unpaired) electrons. The first-order valence-corrected chi connectivity index (χ1v) is 2.82. The van der Waals surface area contributed by atoms with E-state index in [4.69, 9.17) is 0 Å². The second-order valence-corrected chi connectivity index (χ2v) is 2.17. The zero-order valence-corrected chi connectivity index (χ0v) is 5.24. The summed E-state index contributed by atoms with van der Waals surface area (Å²) in [4.78, 5) is 0. The molecule has 44 valence electrons. The van der Waals surface area contributed by atoms with Gasteiger partial charge < -0.3 is 0 Å². The van der Waals surface area contributed by atoms with Gasteiger partial charge in [0, 0.05) is 0 Å². The molecule has 0 heterocycles. The van der Waals surface area contributed by atoms with Crippen LogP contribution < -0.4 is 0 Å². The van der Waals surface area contributed by atoms with E-state index in [1.54, 1.807) is 0 Å². The molecule has 0 aromatic rings. The summed E-state index contributed by atoms with van der Waals surface area (Å²) in [6, 6.07) is 0. The van der Waals surface area contributed by atoms with E-state index >= 15 is 0 Å². The van der Waals surface area contributed by atoms with Crippen molar-refractivity contribution in [1.29, 1.82) is 0 Å². The quantitative estimate of drug-likeness (QED) is 0.503. The molecule has 0 aliphatic carbocycles. The zero-order chi connectivity index (χ0) is 5.86. The van der Waals surface area contributed by atoms with Crippen LogP contribution in [0.5, 0.6) is 0 Å². The Morgan fingerprint density at radius 3 is 1.86 bits per heavy atom. The standard InChI is InChI=1S/C6H13F/c1-4-6(7)5(2)3/h5-6H,4H2,1-3H3/t6-/m1/s1/i7-1. The fourth-order valence-electron chi connectivity index (χ4n) is 0.471. The third-order valence-electron chi connectivity index (χ3n) is 1.11. The molecule has 0 spiro atoms. The van der Waals surface area contributed by atoms with Crippen molar-refractivity contribution in [3.8, 4) is 0 Å². The molecular weight excluding hydrogens is 90.1 g/mol. The Balaban J connectivity index is 3.14. The highest BCUT2D eigenvalue weighted by molar-refractivity contribution is 4.55. The van der Waals surface area contributed by atoms with Crippen molar-refractivity contribution in [3.63, 3.8) is 0 Å². The van der Waals surface area contributed by atoms with Gasteiger partial charge in [-0.05, 0) is 12.3 Å². The van der Waals surface area contributed by atoms with Crippen LogP contribution in [0.25, 0.3) is 0 Å². The molecule has 0 aromatic heterocycles. The van der Waals surface area contributed by atoms with Crippen molar-refractivity contribution in [1.82, 2.24) is 0 Å². The third-order valence-corrected chi connectivity index (χ3v) is 1.11. The Morgan fingerprint density at radius 1 is 1.43 bits per heavy atom. The maximum atomic E-state index is 12.3. The Morgan fingerprint density at radius 2 is 1.86 bits per heavy atom. The Labute approximate surface area is 44.7 Å². The molecule has 0 aliphatic rings. The Kier molecular flexibility index (Phi) is 2.97. The minimum atomic E-state index is -0.597. The Hall–Kier alpha value is -0.0700. The van der Waals surface area contributed by atoms with E-state index < -0.39 is 6.17 Å². The lowest BCUT2D eigenvalue weighted by Gasteiger charge is -2.06. The maximum absolute atomic E-state index is 12.3. The van der Waals surface area contributed by atoms with Crippen LogP contribution in [0.1, 0.15) is 27.2 Å². The van der Waals surface area contributed by atoms with Gasteiger partial charge >= 0.3 is 0 Å². The van der Waals surface area contributed by atoms with Crippen LogP contribution in [0.15, 0.2) is 0 Å². The van der Waals surface area contributed by atoms with Gasteiger partial charge in [0.1, 0.15) is 6.17 Å². The minimum Gasteiger partial charge on any atom is -0.247 e. The van der Waals surface area contributed by atoms with Gasteiger partial charge in [0.05, 0.1) is 0 Å².